The second-order valence-corrected chi connectivity index (χ2v) is 5.30. The SMILES string of the molecule is Cc1cc(C)c(Nc2cc(NCCN)nc(C)n2)c(C)c1. The molecule has 0 saturated carbocycles. The largest absolute Gasteiger partial charge is 0.369 e. The third kappa shape index (κ3) is 3.92. The predicted molar refractivity (Wildman–Crippen MR) is 88.2 cm³/mol. The molecule has 0 atom stereocenters. The Labute approximate surface area is 126 Å². The Bertz CT molecular complexity index is 614. The van der Waals surface area contributed by atoms with Gasteiger partial charge in [-0.1, -0.05) is 17.7 Å². The first kappa shape index (κ1) is 15.3. The maximum Gasteiger partial charge on any atom is 0.136 e. The number of hydrogen-bond donors (Lipinski definition) is 3. The Morgan fingerprint density at radius 3 is 2.19 bits per heavy atom. The van der Waals surface area contributed by atoms with Gasteiger partial charge in [-0.15, -0.1) is 0 Å². The summed E-state index contributed by atoms with van der Waals surface area (Å²) in [6, 6.07) is 6.23. The molecule has 5 nitrogen and oxygen atoms in total. The molecule has 0 radical (unpaired) electrons. The van der Waals surface area contributed by atoms with Gasteiger partial charge in [0.2, 0.25) is 0 Å². The first-order chi connectivity index (χ1) is 9.99. The molecule has 0 unspecified atom stereocenters. The van der Waals surface area contributed by atoms with Crippen molar-refractivity contribution in [2.24, 2.45) is 5.73 Å². The fourth-order valence-corrected chi connectivity index (χ4v) is 2.43. The summed E-state index contributed by atoms with van der Waals surface area (Å²) in [5.74, 6) is 2.30. The summed E-state index contributed by atoms with van der Waals surface area (Å²) < 4.78 is 0. The maximum absolute atomic E-state index is 5.51. The second-order valence-electron chi connectivity index (χ2n) is 5.30. The number of nitrogens with zero attached hydrogens (tertiary/aromatic N) is 2. The van der Waals surface area contributed by atoms with Crippen LogP contribution in [0.3, 0.4) is 0 Å². The van der Waals surface area contributed by atoms with E-state index in [0.29, 0.717) is 13.1 Å². The summed E-state index contributed by atoms with van der Waals surface area (Å²) in [4.78, 5) is 8.80. The van der Waals surface area contributed by atoms with Gasteiger partial charge in [0, 0.05) is 24.8 Å². The molecule has 0 aliphatic rings. The molecule has 0 spiro atoms. The second kappa shape index (κ2) is 6.54. The number of hydrogen-bond acceptors (Lipinski definition) is 5. The molecule has 0 fully saturated rings. The van der Waals surface area contributed by atoms with E-state index in [1.54, 1.807) is 0 Å². The van der Waals surface area contributed by atoms with Crippen molar-refractivity contribution in [1.82, 2.24) is 9.97 Å². The van der Waals surface area contributed by atoms with Crippen molar-refractivity contribution in [3.63, 3.8) is 0 Å². The molecule has 2 rings (SSSR count). The minimum atomic E-state index is 0.571. The number of nitrogens with one attached hydrogen (secondary N) is 2. The van der Waals surface area contributed by atoms with Gasteiger partial charge in [0.25, 0.3) is 0 Å². The van der Waals surface area contributed by atoms with E-state index < -0.39 is 0 Å². The third-order valence-corrected chi connectivity index (χ3v) is 3.22. The molecule has 1 aromatic carbocycles. The Balaban J connectivity index is 2.29. The molecule has 5 heteroatoms. The summed E-state index contributed by atoms with van der Waals surface area (Å²) in [5.41, 5.74) is 10.3. The molecule has 0 aliphatic heterocycles. The number of aromatic nitrogens is 2. The molecule has 1 heterocycles. The quantitative estimate of drug-likeness (QED) is 0.787. The molecule has 112 valence electrons. The summed E-state index contributed by atoms with van der Waals surface area (Å²) >= 11 is 0. The molecule has 0 aliphatic carbocycles. The van der Waals surface area contributed by atoms with E-state index in [1.807, 2.05) is 13.0 Å². The van der Waals surface area contributed by atoms with Crippen molar-refractivity contribution in [2.45, 2.75) is 27.7 Å². The molecule has 0 amide bonds. The Morgan fingerprint density at radius 2 is 1.57 bits per heavy atom. The van der Waals surface area contributed by atoms with E-state index in [1.165, 1.54) is 16.7 Å². The van der Waals surface area contributed by atoms with Gasteiger partial charge in [-0.3, -0.25) is 0 Å². The first-order valence-corrected chi connectivity index (χ1v) is 7.14. The van der Waals surface area contributed by atoms with Crippen molar-refractivity contribution in [1.29, 1.82) is 0 Å². The van der Waals surface area contributed by atoms with Crippen molar-refractivity contribution in [3.8, 4) is 0 Å². The maximum atomic E-state index is 5.51. The highest BCUT2D eigenvalue weighted by Crippen LogP contribution is 2.25. The van der Waals surface area contributed by atoms with Gasteiger partial charge >= 0.3 is 0 Å². The Kier molecular flexibility index (Phi) is 4.75. The summed E-state index contributed by atoms with van der Waals surface area (Å²) in [6.07, 6.45) is 0. The zero-order valence-corrected chi connectivity index (χ0v) is 13.1. The van der Waals surface area contributed by atoms with E-state index >= 15 is 0 Å². The van der Waals surface area contributed by atoms with Crippen LogP contribution in [-0.2, 0) is 0 Å². The van der Waals surface area contributed by atoms with Gasteiger partial charge in [-0.2, -0.15) is 0 Å². The third-order valence-electron chi connectivity index (χ3n) is 3.22. The number of nitrogens with two attached hydrogens (primary N) is 1. The van der Waals surface area contributed by atoms with Crippen LogP contribution in [0.2, 0.25) is 0 Å². The van der Waals surface area contributed by atoms with Gasteiger partial charge in [-0.25, -0.2) is 9.97 Å². The minimum absolute atomic E-state index is 0.571. The Hall–Kier alpha value is -2.14. The normalized spacial score (nSPS) is 10.5. The van der Waals surface area contributed by atoms with E-state index in [4.69, 9.17) is 5.73 Å². The number of aryl methyl sites for hydroxylation is 4. The van der Waals surface area contributed by atoms with Crippen LogP contribution in [0.1, 0.15) is 22.5 Å². The molecule has 0 saturated heterocycles. The van der Waals surface area contributed by atoms with Gasteiger partial charge in [-0.05, 0) is 38.8 Å². The van der Waals surface area contributed by atoms with Crippen LogP contribution in [0.15, 0.2) is 18.2 Å². The van der Waals surface area contributed by atoms with Crippen molar-refractivity contribution in [3.05, 3.63) is 40.7 Å². The van der Waals surface area contributed by atoms with Crippen LogP contribution in [-0.4, -0.2) is 23.1 Å². The lowest BCUT2D eigenvalue weighted by Gasteiger charge is -2.14. The lowest BCUT2D eigenvalue weighted by Crippen LogP contribution is -2.14. The fraction of sp³-hybridized carbons (Fsp3) is 0.375. The van der Waals surface area contributed by atoms with Crippen LogP contribution >= 0.6 is 0 Å². The number of benzene rings is 1. The lowest BCUT2D eigenvalue weighted by molar-refractivity contribution is 0.987. The highest BCUT2D eigenvalue weighted by Gasteiger charge is 2.07. The van der Waals surface area contributed by atoms with Crippen LogP contribution in [0.4, 0.5) is 17.3 Å². The van der Waals surface area contributed by atoms with E-state index in [2.05, 4.69) is 53.5 Å². The predicted octanol–water partition coefficient (Wildman–Crippen LogP) is 2.82. The highest BCUT2D eigenvalue weighted by atomic mass is 15.1. The summed E-state index contributed by atoms with van der Waals surface area (Å²) in [5, 5.41) is 6.59. The van der Waals surface area contributed by atoms with E-state index in [9.17, 15) is 0 Å². The van der Waals surface area contributed by atoms with Crippen LogP contribution in [0, 0.1) is 27.7 Å². The van der Waals surface area contributed by atoms with E-state index in [0.717, 1.165) is 23.1 Å². The smallest absolute Gasteiger partial charge is 0.136 e. The molecular formula is C16H23N5. The van der Waals surface area contributed by atoms with Crippen LogP contribution in [0.5, 0.6) is 0 Å². The lowest BCUT2D eigenvalue weighted by atomic mass is 10.1. The number of anilines is 3. The van der Waals surface area contributed by atoms with E-state index in [-0.39, 0.29) is 0 Å². The average molecular weight is 285 g/mol. The molecule has 2 aromatic rings. The first-order valence-electron chi connectivity index (χ1n) is 7.14. The van der Waals surface area contributed by atoms with Crippen molar-refractivity contribution < 1.29 is 0 Å². The molecule has 4 N–H and O–H groups in total. The van der Waals surface area contributed by atoms with Crippen LogP contribution < -0.4 is 16.4 Å². The molecule has 0 bridgehead atoms. The minimum Gasteiger partial charge on any atom is -0.369 e. The zero-order chi connectivity index (χ0) is 15.4. The standard InChI is InChI=1S/C16H23N5/c1-10-7-11(2)16(12(3)8-10)21-15-9-14(18-6-5-17)19-13(4)20-15/h7-9H,5-6,17H2,1-4H3,(H2,18,19,20,21). The number of rotatable bonds is 5. The monoisotopic (exact) mass is 285 g/mol. The van der Waals surface area contributed by atoms with Crippen molar-refractivity contribution >= 4 is 17.3 Å². The molecule has 1 aromatic heterocycles. The van der Waals surface area contributed by atoms with Gasteiger partial charge < -0.3 is 16.4 Å². The van der Waals surface area contributed by atoms with Gasteiger partial charge in [0.15, 0.2) is 0 Å². The molecular weight excluding hydrogens is 262 g/mol. The topological polar surface area (TPSA) is 75.9 Å². The van der Waals surface area contributed by atoms with Gasteiger partial charge in [0.05, 0.1) is 0 Å². The van der Waals surface area contributed by atoms with Crippen molar-refractivity contribution in [2.75, 3.05) is 23.7 Å². The van der Waals surface area contributed by atoms with Gasteiger partial charge in [0.1, 0.15) is 17.5 Å². The zero-order valence-electron chi connectivity index (χ0n) is 13.1. The average Bonchev–Trinajstić information content (AvgIpc) is 2.40. The highest BCUT2D eigenvalue weighted by molar-refractivity contribution is 5.66. The summed E-state index contributed by atoms with van der Waals surface area (Å²) in [6.45, 7) is 9.45. The fourth-order valence-electron chi connectivity index (χ4n) is 2.43. The summed E-state index contributed by atoms with van der Waals surface area (Å²) in [7, 11) is 0. The van der Waals surface area contributed by atoms with Crippen LogP contribution in [0.25, 0.3) is 0 Å². The molecule has 21 heavy (non-hydrogen) atoms. The Morgan fingerprint density at radius 1 is 0.952 bits per heavy atom.